The SMILES string of the molecule is COC(=O)c1cc(Cl)c(OC(C)C)cc1O. The average Bonchev–Trinajstić information content (AvgIpc) is 2.21. The molecule has 5 heteroatoms. The Hall–Kier alpha value is -1.42. The molecule has 1 aromatic carbocycles. The van der Waals surface area contributed by atoms with E-state index >= 15 is 0 Å². The standard InChI is InChI=1S/C11H13ClO4/c1-6(2)16-10-5-9(13)7(4-8(10)12)11(14)15-3/h4-6,13H,1-3H3. The maximum atomic E-state index is 11.2. The number of phenolic OH excluding ortho intramolecular Hbond substituents is 1. The first-order chi connectivity index (χ1) is 7.45. The minimum Gasteiger partial charge on any atom is -0.507 e. The predicted octanol–water partition coefficient (Wildman–Crippen LogP) is 2.62. The van der Waals surface area contributed by atoms with Crippen LogP contribution in [0.4, 0.5) is 0 Å². The second-order valence-electron chi connectivity index (χ2n) is 3.46. The number of aromatic hydroxyl groups is 1. The van der Waals surface area contributed by atoms with Gasteiger partial charge >= 0.3 is 5.97 Å². The fourth-order valence-corrected chi connectivity index (χ4v) is 1.37. The summed E-state index contributed by atoms with van der Waals surface area (Å²) in [6.45, 7) is 3.67. The normalized spacial score (nSPS) is 10.3. The first-order valence-electron chi connectivity index (χ1n) is 4.73. The molecule has 0 amide bonds. The third-order valence-corrected chi connectivity index (χ3v) is 2.11. The Labute approximate surface area is 98.7 Å². The number of hydrogen-bond acceptors (Lipinski definition) is 4. The van der Waals surface area contributed by atoms with Crippen LogP contribution in [0.2, 0.25) is 5.02 Å². The summed E-state index contributed by atoms with van der Waals surface area (Å²) in [5, 5.41) is 9.85. The summed E-state index contributed by atoms with van der Waals surface area (Å²) >= 11 is 5.90. The van der Waals surface area contributed by atoms with Crippen LogP contribution in [0.1, 0.15) is 24.2 Å². The van der Waals surface area contributed by atoms with Gasteiger partial charge < -0.3 is 14.6 Å². The number of halogens is 1. The Bertz CT molecular complexity index is 401. The van der Waals surface area contributed by atoms with Crippen molar-refractivity contribution in [2.24, 2.45) is 0 Å². The molecule has 0 spiro atoms. The topological polar surface area (TPSA) is 55.8 Å². The zero-order valence-corrected chi connectivity index (χ0v) is 10.0. The van der Waals surface area contributed by atoms with Crippen LogP contribution in [0.3, 0.4) is 0 Å². The molecule has 0 aromatic heterocycles. The molecule has 0 heterocycles. The van der Waals surface area contributed by atoms with Gasteiger partial charge in [-0.25, -0.2) is 4.79 Å². The van der Waals surface area contributed by atoms with Crippen molar-refractivity contribution in [2.45, 2.75) is 20.0 Å². The molecule has 0 atom stereocenters. The van der Waals surface area contributed by atoms with Gasteiger partial charge in [-0.2, -0.15) is 0 Å². The van der Waals surface area contributed by atoms with Gasteiger partial charge in [-0.05, 0) is 19.9 Å². The lowest BCUT2D eigenvalue weighted by Gasteiger charge is -2.12. The van der Waals surface area contributed by atoms with Gasteiger partial charge in [0.2, 0.25) is 0 Å². The van der Waals surface area contributed by atoms with Crippen molar-refractivity contribution in [1.82, 2.24) is 0 Å². The Morgan fingerprint density at radius 1 is 1.44 bits per heavy atom. The van der Waals surface area contributed by atoms with Crippen LogP contribution in [0.5, 0.6) is 11.5 Å². The Balaban J connectivity index is 3.11. The molecule has 0 saturated carbocycles. The van der Waals surface area contributed by atoms with Gasteiger partial charge in [0, 0.05) is 6.07 Å². The number of hydrogen-bond donors (Lipinski definition) is 1. The lowest BCUT2D eigenvalue weighted by molar-refractivity contribution is 0.0597. The highest BCUT2D eigenvalue weighted by atomic mass is 35.5. The van der Waals surface area contributed by atoms with Gasteiger partial charge in [0.1, 0.15) is 17.1 Å². The lowest BCUT2D eigenvalue weighted by Crippen LogP contribution is -2.07. The summed E-state index contributed by atoms with van der Waals surface area (Å²) in [6, 6.07) is 2.62. The fraction of sp³-hybridized carbons (Fsp3) is 0.364. The lowest BCUT2D eigenvalue weighted by atomic mass is 10.2. The minimum absolute atomic E-state index is 0.0172. The van der Waals surface area contributed by atoms with E-state index < -0.39 is 5.97 Å². The molecule has 16 heavy (non-hydrogen) atoms. The van der Waals surface area contributed by atoms with Crippen molar-refractivity contribution >= 4 is 17.6 Å². The molecule has 0 saturated heterocycles. The van der Waals surface area contributed by atoms with E-state index in [0.717, 1.165) is 0 Å². The quantitative estimate of drug-likeness (QED) is 0.831. The summed E-state index contributed by atoms with van der Waals surface area (Å²) < 4.78 is 9.84. The summed E-state index contributed by atoms with van der Waals surface area (Å²) in [6.07, 6.45) is -0.0686. The van der Waals surface area contributed by atoms with Gasteiger partial charge in [-0.1, -0.05) is 11.6 Å². The minimum atomic E-state index is -0.643. The number of ether oxygens (including phenoxy) is 2. The molecule has 1 N–H and O–H groups in total. The number of rotatable bonds is 3. The van der Waals surface area contributed by atoms with Gasteiger partial charge in [-0.15, -0.1) is 0 Å². The highest BCUT2D eigenvalue weighted by Gasteiger charge is 2.16. The van der Waals surface area contributed by atoms with Crippen LogP contribution in [0.25, 0.3) is 0 Å². The van der Waals surface area contributed by atoms with Crippen LogP contribution in [0, 0.1) is 0 Å². The Morgan fingerprint density at radius 2 is 2.06 bits per heavy atom. The molecule has 88 valence electrons. The van der Waals surface area contributed by atoms with Gasteiger partial charge in [0.15, 0.2) is 0 Å². The largest absolute Gasteiger partial charge is 0.507 e. The Kier molecular flexibility index (Phi) is 4.01. The number of phenols is 1. The van der Waals surface area contributed by atoms with Gasteiger partial charge in [0.05, 0.1) is 18.2 Å². The number of methoxy groups -OCH3 is 1. The molecule has 0 bridgehead atoms. The fourth-order valence-electron chi connectivity index (χ4n) is 1.16. The van der Waals surface area contributed by atoms with Crippen LogP contribution in [0.15, 0.2) is 12.1 Å². The first-order valence-corrected chi connectivity index (χ1v) is 5.11. The van der Waals surface area contributed by atoms with Crippen LogP contribution in [-0.2, 0) is 4.74 Å². The second-order valence-corrected chi connectivity index (χ2v) is 3.87. The van der Waals surface area contributed by atoms with E-state index in [1.54, 1.807) is 0 Å². The van der Waals surface area contributed by atoms with Crippen molar-refractivity contribution < 1.29 is 19.4 Å². The van der Waals surface area contributed by atoms with Crippen molar-refractivity contribution in [1.29, 1.82) is 0 Å². The maximum absolute atomic E-state index is 11.2. The van der Waals surface area contributed by atoms with E-state index in [4.69, 9.17) is 16.3 Å². The van der Waals surface area contributed by atoms with E-state index in [1.165, 1.54) is 19.2 Å². The molecule has 0 radical (unpaired) electrons. The Morgan fingerprint density at radius 3 is 2.56 bits per heavy atom. The maximum Gasteiger partial charge on any atom is 0.341 e. The van der Waals surface area contributed by atoms with E-state index in [0.29, 0.717) is 5.75 Å². The molecule has 0 aliphatic rings. The van der Waals surface area contributed by atoms with Crippen molar-refractivity contribution in [3.63, 3.8) is 0 Å². The molecular formula is C11H13ClO4. The average molecular weight is 245 g/mol. The van der Waals surface area contributed by atoms with Gasteiger partial charge in [0.25, 0.3) is 0 Å². The predicted molar refractivity (Wildman–Crippen MR) is 60.2 cm³/mol. The van der Waals surface area contributed by atoms with Crippen LogP contribution < -0.4 is 4.74 Å². The van der Waals surface area contributed by atoms with Crippen molar-refractivity contribution in [3.05, 3.63) is 22.7 Å². The van der Waals surface area contributed by atoms with E-state index in [9.17, 15) is 9.90 Å². The van der Waals surface area contributed by atoms with E-state index in [-0.39, 0.29) is 22.4 Å². The summed E-state index contributed by atoms with van der Waals surface area (Å²) in [5.41, 5.74) is 0.0172. The smallest absolute Gasteiger partial charge is 0.341 e. The second kappa shape index (κ2) is 5.07. The highest BCUT2D eigenvalue weighted by molar-refractivity contribution is 6.32. The summed E-state index contributed by atoms with van der Waals surface area (Å²) in [5.74, 6) is -0.524. The highest BCUT2D eigenvalue weighted by Crippen LogP contribution is 2.33. The zero-order chi connectivity index (χ0) is 12.3. The molecule has 0 fully saturated rings. The number of esters is 1. The van der Waals surface area contributed by atoms with Crippen LogP contribution in [-0.4, -0.2) is 24.3 Å². The molecule has 0 aliphatic heterocycles. The number of carbonyl (C=O) groups excluding carboxylic acids is 1. The number of carbonyl (C=O) groups is 1. The molecule has 0 unspecified atom stereocenters. The molecule has 0 aliphatic carbocycles. The monoisotopic (exact) mass is 244 g/mol. The third kappa shape index (κ3) is 2.79. The van der Waals surface area contributed by atoms with Crippen molar-refractivity contribution in [2.75, 3.05) is 7.11 Å². The summed E-state index contributed by atoms with van der Waals surface area (Å²) in [4.78, 5) is 11.2. The summed E-state index contributed by atoms with van der Waals surface area (Å²) in [7, 11) is 1.23. The third-order valence-electron chi connectivity index (χ3n) is 1.82. The molecular weight excluding hydrogens is 232 g/mol. The number of benzene rings is 1. The van der Waals surface area contributed by atoms with Crippen molar-refractivity contribution in [3.8, 4) is 11.5 Å². The zero-order valence-electron chi connectivity index (χ0n) is 9.28. The first kappa shape index (κ1) is 12.6. The van der Waals surface area contributed by atoms with Gasteiger partial charge in [-0.3, -0.25) is 0 Å². The molecule has 4 nitrogen and oxygen atoms in total. The molecule has 1 rings (SSSR count). The van der Waals surface area contributed by atoms with E-state index in [1.807, 2.05) is 13.8 Å². The van der Waals surface area contributed by atoms with E-state index in [2.05, 4.69) is 4.74 Å². The van der Waals surface area contributed by atoms with Crippen LogP contribution >= 0.6 is 11.6 Å². The molecule has 1 aromatic rings.